The third-order valence-corrected chi connectivity index (χ3v) is 4.87. The molecule has 33 heavy (non-hydrogen) atoms. The number of nitrogens with one attached hydrogen (secondary N) is 1. The molecule has 1 aromatic heterocycles. The molecule has 3 rings (SSSR count). The lowest BCUT2D eigenvalue weighted by Gasteiger charge is -2.10. The fourth-order valence-electron chi connectivity index (χ4n) is 2.87. The van der Waals surface area contributed by atoms with Crippen molar-refractivity contribution >= 4 is 34.9 Å². The van der Waals surface area contributed by atoms with Gasteiger partial charge in [-0.3, -0.25) is 4.79 Å². The molecule has 0 saturated heterocycles. The molecule has 0 aliphatic carbocycles. The molecule has 0 spiro atoms. The molecule has 0 unspecified atom stereocenters. The van der Waals surface area contributed by atoms with Gasteiger partial charge in [-0.25, -0.2) is 4.99 Å². The summed E-state index contributed by atoms with van der Waals surface area (Å²) in [6.07, 6.45) is 1.60. The van der Waals surface area contributed by atoms with Gasteiger partial charge in [0.15, 0.2) is 0 Å². The molecule has 0 aliphatic rings. The minimum Gasteiger partial charge on any atom is -0.402 e. The van der Waals surface area contributed by atoms with E-state index in [4.69, 9.17) is 21.8 Å². The van der Waals surface area contributed by atoms with Gasteiger partial charge in [0.2, 0.25) is 0 Å². The summed E-state index contributed by atoms with van der Waals surface area (Å²) >= 11 is 5.91. The van der Waals surface area contributed by atoms with Gasteiger partial charge in [0.25, 0.3) is 11.8 Å². The Hall–Kier alpha value is -3.91. The number of nitrogens with zero attached hydrogens (tertiary/aromatic N) is 4. The van der Waals surface area contributed by atoms with Gasteiger partial charge in [0.1, 0.15) is 5.70 Å². The number of nitrogens with two attached hydrogens (primary N) is 1. The highest BCUT2D eigenvalue weighted by Crippen LogP contribution is 2.21. The molecule has 0 atom stereocenters. The maximum Gasteiger partial charge on any atom is 0.316 e. The summed E-state index contributed by atoms with van der Waals surface area (Å²) in [5, 5.41) is 11.8. The quantitative estimate of drug-likeness (QED) is 0.479. The molecule has 3 N–H and O–H groups in total. The van der Waals surface area contributed by atoms with Gasteiger partial charge in [-0.05, 0) is 42.8 Å². The summed E-state index contributed by atoms with van der Waals surface area (Å²) in [6, 6.07) is 14.7. The second kappa shape index (κ2) is 10.6. The van der Waals surface area contributed by atoms with E-state index in [9.17, 15) is 4.79 Å². The fourth-order valence-corrected chi connectivity index (χ4v) is 2.99. The van der Waals surface area contributed by atoms with Crippen LogP contribution in [0.5, 0.6) is 0 Å². The zero-order chi connectivity index (χ0) is 24.0. The van der Waals surface area contributed by atoms with Crippen molar-refractivity contribution in [2.75, 3.05) is 19.4 Å². The van der Waals surface area contributed by atoms with Gasteiger partial charge in [0.05, 0.1) is 5.71 Å². The standard InChI is InChI=1S/C24H25ClN6O2/c1-5-20(17-8-10-18(11-9-17)23(32)31(3)4)28-21(15(2)26)22-29-30-24(33-22)27-14-16-6-12-19(25)13-7-16/h5-13H,1,14,26H2,2-4H3,(H,27,30)/b21-15+,28-20?. The van der Waals surface area contributed by atoms with Crippen molar-refractivity contribution in [1.82, 2.24) is 15.1 Å². The number of anilines is 1. The first-order chi connectivity index (χ1) is 15.8. The molecule has 1 amide bonds. The van der Waals surface area contributed by atoms with E-state index in [1.807, 2.05) is 24.3 Å². The number of carbonyl (C=O) groups is 1. The second-order valence-electron chi connectivity index (χ2n) is 7.40. The predicted molar refractivity (Wildman–Crippen MR) is 131 cm³/mol. The van der Waals surface area contributed by atoms with Crippen molar-refractivity contribution < 1.29 is 9.21 Å². The van der Waals surface area contributed by atoms with Crippen LogP contribution in [0.15, 0.2) is 76.3 Å². The molecule has 0 fully saturated rings. The molecule has 0 saturated carbocycles. The van der Waals surface area contributed by atoms with Crippen LogP contribution < -0.4 is 11.1 Å². The number of allylic oxidation sites excluding steroid dienone is 2. The Bertz CT molecular complexity index is 1190. The second-order valence-corrected chi connectivity index (χ2v) is 7.84. The van der Waals surface area contributed by atoms with Gasteiger partial charge in [-0.15, -0.1) is 5.10 Å². The van der Waals surface area contributed by atoms with Crippen LogP contribution in [-0.2, 0) is 6.54 Å². The van der Waals surface area contributed by atoms with E-state index >= 15 is 0 Å². The molecular weight excluding hydrogens is 440 g/mol. The van der Waals surface area contributed by atoms with Crippen LogP contribution in [0.4, 0.5) is 6.01 Å². The van der Waals surface area contributed by atoms with E-state index in [-0.39, 0.29) is 17.8 Å². The minimum atomic E-state index is -0.0819. The minimum absolute atomic E-state index is 0.0819. The van der Waals surface area contributed by atoms with Gasteiger partial charge in [0, 0.05) is 42.5 Å². The lowest BCUT2D eigenvalue weighted by Crippen LogP contribution is -2.21. The van der Waals surface area contributed by atoms with Gasteiger partial charge < -0.3 is 20.4 Å². The first-order valence-electron chi connectivity index (χ1n) is 10.1. The first kappa shape index (κ1) is 23.7. The molecule has 170 valence electrons. The molecule has 0 radical (unpaired) electrons. The zero-order valence-corrected chi connectivity index (χ0v) is 19.4. The number of hydrogen-bond donors (Lipinski definition) is 2. The highest BCUT2D eigenvalue weighted by Gasteiger charge is 2.15. The van der Waals surface area contributed by atoms with Gasteiger partial charge >= 0.3 is 6.01 Å². The lowest BCUT2D eigenvalue weighted by molar-refractivity contribution is 0.0827. The van der Waals surface area contributed by atoms with Gasteiger partial charge in [-0.2, -0.15) is 0 Å². The summed E-state index contributed by atoms with van der Waals surface area (Å²) in [6.45, 7) is 6.03. The largest absolute Gasteiger partial charge is 0.402 e. The number of aromatic nitrogens is 2. The lowest BCUT2D eigenvalue weighted by atomic mass is 10.1. The van der Waals surface area contributed by atoms with Gasteiger partial charge in [-0.1, -0.05) is 47.5 Å². The third kappa shape index (κ3) is 6.08. The topological polar surface area (TPSA) is 110 Å². The molecule has 0 bridgehead atoms. The van der Waals surface area contributed by atoms with Crippen molar-refractivity contribution in [3.05, 3.63) is 94.5 Å². The van der Waals surface area contributed by atoms with Crippen LogP contribution in [0.25, 0.3) is 5.70 Å². The van der Waals surface area contributed by atoms with E-state index in [1.165, 1.54) is 4.90 Å². The van der Waals surface area contributed by atoms with Crippen molar-refractivity contribution in [3.8, 4) is 0 Å². The smallest absolute Gasteiger partial charge is 0.316 e. The highest BCUT2D eigenvalue weighted by atomic mass is 35.5. The Morgan fingerprint density at radius 2 is 1.79 bits per heavy atom. The number of halogens is 1. The van der Waals surface area contributed by atoms with Crippen LogP contribution in [0.2, 0.25) is 5.02 Å². The maximum atomic E-state index is 12.1. The van der Waals surface area contributed by atoms with Crippen molar-refractivity contribution in [3.63, 3.8) is 0 Å². The first-order valence-corrected chi connectivity index (χ1v) is 10.5. The van der Waals surface area contributed by atoms with Crippen molar-refractivity contribution in [2.24, 2.45) is 10.7 Å². The van der Waals surface area contributed by atoms with Crippen LogP contribution in [0, 0.1) is 0 Å². The van der Waals surface area contributed by atoms with Crippen molar-refractivity contribution in [1.29, 1.82) is 0 Å². The summed E-state index contributed by atoms with van der Waals surface area (Å²) in [4.78, 5) is 18.2. The SMILES string of the molecule is C=CC(=N/C(=C(\C)N)c1nnc(NCc2ccc(Cl)cc2)o1)c1ccc(C(=O)N(C)C)cc1. The van der Waals surface area contributed by atoms with Crippen LogP contribution in [0.3, 0.4) is 0 Å². The Kier molecular flexibility index (Phi) is 7.63. The van der Waals surface area contributed by atoms with Crippen LogP contribution >= 0.6 is 11.6 Å². The molecule has 1 heterocycles. The number of carbonyl (C=O) groups excluding carboxylic acids is 1. The van der Waals surface area contributed by atoms with E-state index in [1.54, 1.807) is 51.4 Å². The average Bonchev–Trinajstić information content (AvgIpc) is 3.27. The summed E-state index contributed by atoms with van der Waals surface area (Å²) in [5.41, 5.74) is 9.70. The van der Waals surface area contributed by atoms with E-state index in [0.29, 0.717) is 34.2 Å². The van der Waals surface area contributed by atoms with Crippen LogP contribution in [-0.4, -0.2) is 40.8 Å². The molecule has 2 aromatic carbocycles. The maximum absolute atomic E-state index is 12.1. The highest BCUT2D eigenvalue weighted by molar-refractivity contribution is 6.30. The number of amides is 1. The summed E-state index contributed by atoms with van der Waals surface area (Å²) in [5.74, 6) is 0.0916. The fraction of sp³-hybridized carbons (Fsp3) is 0.167. The summed E-state index contributed by atoms with van der Waals surface area (Å²) in [7, 11) is 3.41. The summed E-state index contributed by atoms with van der Waals surface area (Å²) < 4.78 is 5.72. The van der Waals surface area contributed by atoms with Crippen LogP contribution in [0.1, 0.15) is 34.3 Å². The van der Waals surface area contributed by atoms with Crippen molar-refractivity contribution in [2.45, 2.75) is 13.5 Å². The van der Waals surface area contributed by atoms with E-state index in [2.05, 4.69) is 27.1 Å². The van der Waals surface area contributed by atoms with E-state index < -0.39 is 0 Å². The predicted octanol–water partition coefficient (Wildman–Crippen LogP) is 4.36. The number of hydrogen-bond acceptors (Lipinski definition) is 7. The zero-order valence-electron chi connectivity index (χ0n) is 18.7. The molecule has 3 aromatic rings. The van der Waals surface area contributed by atoms with E-state index in [0.717, 1.165) is 11.1 Å². The average molecular weight is 465 g/mol. The number of rotatable bonds is 8. The Morgan fingerprint density at radius 1 is 1.15 bits per heavy atom. The molecule has 0 aliphatic heterocycles. The number of aliphatic imine (C=N–C) groups is 1. The molecule has 9 heteroatoms. The third-order valence-electron chi connectivity index (χ3n) is 4.62. The molecular formula is C24H25ClN6O2. The Balaban J connectivity index is 1.80. The normalized spacial score (nSPS) is 12.2. The number of benzene rings is 2. The monoisotopic (exact) mass is 464 g/mol. The Labute approximate surface area is 197 Å². The molecule has 8 nitrogen and oxygen atoms in total. The Morgan fingerprint density at radius 3 is 2.36 bits per heavy atom.